The van der Waals surface area contributed by atoms with Crippen molar-refractivity contribution in [2.24, 2.45) is 29.4 Å². The number of nitrogens with two attached hydrogens (primary N) is 1. The summed E-state index contributed by atoms with van der Waals surface area (Å²) in [7, 11) is 0. The number of hydrogen-bond donors (Lipinski definition) is 2. The number of fused-ring (bicyclic) bond motifs is 2. The van der Waals surface area contributed by atoms with E-state index in [1.807, 2.05) is 0 Å². The zero-order valence-electron chi connectivity index (χ0n) is 15.0. The molecule has 1 aliphatic heterocycles. The fraction of sp³-hybridized carbons (Fsp3) is 0.947. The van der Waals surface area contributed by atoms with Crippen molar-refractivity contribution in [2.75, 3.05) is 19.6 Å². The number of hydrogen-bond acceptors (Lipinski definition) is 3. The van der Waals surface area contributed by atoms with E-state index in [-0.39, 0.29) is 5.92 Å². The Morgan fingerprint density at radius 2 is 1.87 bits per heavy atom. The van der Waals surface area contributed by atoms with Crippen LogP contribution < -0.4 is 11.1 Å². The summed E-state index contributed by atoms with van der Waals surface area (Å²) in [4.78, 5) is 15.2. The van der Waals surface area contributed by atoms with Gasteiger partial charge in [0.1, 0.15) is 0 Å². The Bertz CT molecular complexity index is 397. The monoisotopic (exact) mass is 321 g/mol. The smallest absolute Gasteiger partial charge is 0.223 e. The summed E-state index contributed by atoms with van der Waals surface area (Å²) >= 11 is 0. The van der Waals surface area contributed by atoms with Crippen LogP contribution in [-0.2, 0) is 4.79 Å². The second kappa shape index (κ2) is 7.52. The van der Waals surface area contributed by atoms with E-state index in [2.05, 4.69) is 24.1 Å². The predicted octanol–water partition coefficient (Wildman–Crippen LogP) is 2.38. The summed E-state index contributed by atoms with van der Waals surface area (Å²) in [5, 5.41) is 3.28. The molecule has 3 aliphatic rings. The summed E-state index contributed by atoms with van der Waals surface area (Å²) in [6.45, 7) is 7.74. The molecule has 2 aliphatic carbocycles. The average molecular weight is 322 g/mol. The number of amides is 1. The van der Waals surface area contributed by atoms with Crippen molar-refractivity contribution in [1.29, 1.82) is 0 Å². The molecule has 3 fully saturated rings. The van der Waals surface area contributed by atoms with Crippen LogP contribution in [0.2, 0.25) is 0 Å². The highest BCUT2D eigenvalue weighted by atomic mass is 16.1. The van der Waals surface area contributed by atoms with Crippen molar-refractivity contribution in [3.8, 4) is 0 Å². The van der Waals surface area contributed by atoms with E-state index >= 15 is 0 Å². The highest BCUT2D eigenvalue weighted by molar-refractivity contribution is 5.78. The van der Waals surface area contributed by atoms with Gasteiger partial charge in [0, 0.05) is 31.1 Å². The molecule has 0 spiro atoms. The first-order chi connectivity index (χ1) is 11.0. The van der Waals surface area contributed by atoms with Crippen LogP contribution in [0.3, 0.4) is 0 Å². The highest BCUT2D eigenvalue weighted by Crippen LogP contribution is 2.41. The Balaban J connectivity index is 1.48. The SMILES string of the molecule is CC(C)CN1CCC[C@@H]1CNC(=O)C1CC2CCCC(C1)C2N. The van der Waals surface area contributed by atoms with E-state index in [1.54, 1.807) is 0 Å². The molecule has 2 bridgehead atoms. The lowest BCUT2D eigenvalue weighted by Crippen LogP contribution is -2.50. The minimum Gasteiger partial charge on any atom is -0.354 e. The molecule has 0 aromatic heterocycles. The minimum absolute atomic E-state index is 0.213. The first kappa shape index (κ1) is 17.2. The third kappa shape index (κ3) is 4.08. The van der Waals surface area contributed by atoms with Crippen molar-refractivity contribution in [3.63, 3.8) is 0 Å². The molecule has 3 atom stereocenters. The molecule has 1 heterocycles. The van der Waals surface area contributed by atoms with Gasteiger partial charge in [-0.2, -0.15) is 0 Å². The maximum atomic E-state index is 12.7. The molecule has 3 rings (SSSR count). The van der Waals surface area contributed by atoms with Gasteiger partial charge in [0.05, 0.1) is 0 Å². The Labute approximate surface area is 141 Å². The maximum absolute atomic E-state index is 12.7. The molecule has 0 radical (unpaired) electrons. The zero-order valence-corrected chi connectivity index (χ0v) is 15.0. The van der Waals surface area contributed by atoms with Crippen LogP contribution in [0.1, 0.15) is 58.8 Å². The molecular formula is C19H35N3O. The molecule has 2 saturated carbocycles. The maximum Gasteiger partial charge on any atom is 0.223 e. The summed E-state index contributed by atoms with van der Waals surface area (Å²) in [6, 6.07) is 0.899. The molecule has 2 unspecified atom stereocenters. The quantitative estimate of drug-likeness (QED) is 0.817. The first-order valence-electron chi connectivity index (χ1n) is 9.82. The number of likely N-dealkylation sites (tertiary alicyclic amines) is 1. The molecule has 23 heavy (non-hydrogen) atoms. The van der Waals surface area contributed by atoms with E-state index in [0.29, 0.717) is 35.7 Å². The fourth-order valence-corrected chi connectivity index (χ4v) is 5.20. The van der Waals surface area contributed by atoms with Crippen LogP contribution in [0.25, 0.3) is 0 Å². The Hall–Kier alpha value is -0.610. The standard InChI is InChI=1S/C19H35N3O/c1-13(2)12-22-8-4-7-17(22)11-21-19(23)16-9-14-5-3-6-15(10-16)18(14)20/h13-18H,3-12,20H2,1-2H3,(H,21,23)/t14?,15?,16?,17-,18?/m1/s1. The number of carbonyl (C=O) groups excluding carboxylic acids is 1. The minimum atomic E-state index is 0.213. The molecule has 4 heteroatoms. The lowest BCUT2D eigenvalue weighted by Gasteiger charge is -2.43. The van der Waals surface area contributed by atoms with Gasteiger partial charge in [-0.3, -0.25) is 9.69 Å². The highest BCUT2D eigenvalue weighted by Gasteiger charge is 2.40. The van der Waals surface area contributed by atoms with Crippen LogP contribution >= 0.6 is 0 Å². The van der Waals surface area contributed by atoms with E-state index in [1.165, 1.54) is 38.6 Å². The van der Waals surface area contributed by atoms with Crippen molar-refractivity contribution in [1.82, 2.24) is 10.2 Å². The van der Waals surface area contributed by atoms with Crippen molar-refractivity contribution < 1.29 is 4.79 Å². The van der Waals surface area contributed by atoms with Crippen LogP contribution in [-0.4, -0.2) is 42.5 Å². The van der Waals surface area contributed by atoms with Gasteiger partial charge in [-0.15, -0.1) is 0 Å². The van der Waals surface area contributed by atoms with Gasteiger partial charge in [0.25, 0.3) is 0 Å². The van der Waals surface area contributed by atoms with Crippen LogP contribution in [0.5, 0.6) is 0 Å². The normalized spacial score (nSPS) is 38.0. The van der Waals surface area contributed by atoms with Gasteiger partial charge in [-0.05, 0) is 62.8 Å². The lowest BCUT2D eigenvalue weighted by molar-refractivity contribution is -0.128. The van der Waals surface area contributed by atoms with E-state index in [0.717, 1.165) is 25.9 Å². The van der Waals surface area contributed by atoms with Gasteiger partial charge in [-0.1, -0.05) is 20.3 Å². The molecule has 132 valence electrons. The van der Waals surface area contributed by atoms with Crippen LogP contribution in [0.4, 0.5) is 0 Å². The topological polar surface area (TPSA) is 58.4 Å². The summed E-state index contributed by atoms with van der Waals surface area (Å²) in [5.41, 5.74) is 6.35. The molecule has 0 aromatic carbocycles. The second-order valence-electron chi connectivity index (χ2n) is 8.63. The van der Waals surface area contributed by atoms with Gasteiger partial charge >= 0.3 is 0 Å². The lowest BCUT2D eigenvalue weighted by atomic mass is 9.65. The van der Waals surface area contributed by atoms with E-state index in [4.69, 9.17) is 5.73 Å². The molecule has 4 nitrogen and oxygen atoms in total. The molecule has 1 saturated heterocycles. The molecule has 0 aromatic rings. The molecule has 3 N–H and O–H groups in total. The van der Waals surface area contributed by atoms with Crippen molar-refractivity contribution in [3.05, 3.63) is 0 Å². The third-order valence-corrected chi connectivity index (χ3v) is 6.39. The number of nitrogens with zero attached hydrogens (tertiary/aromatic N) is 1. The summed E-state index contributed by atoms with van der Waals surface area (Å²) in [5.74, 6) is 2.38. The zero-order chi connectivity index (χ0) is 16.4. The second-order valence-corrected chi connectivity index (χ2v) is 8.63. The summed E-state index contributed by atoms with van der Waals surface area (Å²) in [6.07, 6.45) is 8.30. The Morgan fingerprint density at radius 1 is 1.17 bits per heavy atom. The van der Waals surface area contributed by atoms with Gasteiger partial charge in [0.15, 0.2) is 0 Å². The van der Waals surface area contributed by atoms with Crippen LogP contribution in [0.15, 0.2) is 0 Å². The van der Waals surface area contributed by atoms with E-state index < -0.39 is 0 Å². The molecule has 1 amide bonds. The van der Waals surface area contributed by atoms with Gasteiger partial charge < -0.3 is 11.1 Å². The largest absolute Gasteiger partial charge is 0.354 e. The predicted molar refractivity (Wildman–Crippen MR) is 94.0 cm³/mol. The van der Waals surface area contributed by atoms with Crippen molar-refractivity contribution in [2.45, 2.75) is 70.9 Å². The van der Waals surface area contributed by atoms with Crippen molar-refractivity contribution >= 4 is 5.91 Å². The Kier molecular flexibility index (Phi) is 5.63. The fourth-order valence-electron chi connectivity index (χ4n) is 5.20. The third-order valence-electron chi connectivity index (χ3n) is 6.39. The average Bonchev–Trinajstić information content (AvgIpc) is 2.91. The number of rotatable bonds is 5. The van der Waals surface area contributed by atoms with Crippen LogP contribution in [0, 0.1) is 23.7 Å². The number of nitrogens with one attached hydrogen (secondary N) is 1. The number of carbonyl (C=O) groups is 1. The first-order valence-corrected chi connectivity index (χ1v) is 9.82. The van der Waals surface area contributed by atoms with E-state index in [9.17, 15) is 4.79 Å². The molecular weight excluding hydrogens is 286 g/mol. The van der Waals surface area contributed by atoms with Gasteiger partial charge in [0.2, 0.25) is 5.91 Å². The Morgan fingerprint density at radius 3 is 2.52 bits per heavy atom. The summed E-state index contributed by atoms with van der Waals surface area (Å²) < 4.78 is 0. The van der Waals surface area contributed by atoms with Gasteiger partial charge in [-0.25, -0.2) is 0 Å².